The van der Waals surface area contributed by atoms with Crippen molar-refractivity contribution in [2.75, 3.05) is 13.1 Å². The van der Waals surface area contributed by atoms with E-state index in [0.29, 0.717) is 0 Å². The predicted molar refractivity (Wildman–Crippen MR) is 76.0 cm³/mol. The summed E-state index contributed by atoms with van der Waals surface area (Å²) in [5, 5.41) is 0. The third-order valence-corrected chi connectivity index (χ3v) is 2.50. The summed E-state index contributed by atoms with van der Waals surface area (Å²) in [6.07, 6.45) is 4.67. The molecule has 4 nitrogen and oxygen atoms in total. The first-order valence-electron chi connectivity index (χ1n) is 6.36. The van der Waals surface area contributed by atoms with E-state index < -0.39 is 0 Å². The van der Waals surface area contributed by atoms with Crippen LogP contribution in [-0.4, -0.2) is 29.8 Å². The van der Waals surface area contributed by atoms with Gasteiger partial charge in [0.25, 0.3) is 0 Å². The predicted octanol–water partition coefficient (Wildman–Crippen LogP) is 2.26. The molecule has 2 amide bonds. The minimum Gasteiger partial charge on any atom is -0.366 e. The van der Waals surface area contributed by atoms with Crippen molar-refractivity contribution in [1.82, 2.24) is 4.90 Å². The number of primary amides is 1. The van der Waals surface area contributed by atoms with E-state index in [-0.39, 0.29) is 11.8 Å². The lowest BCUT2D eigenvalue weighted by Gasteiger charge is -2.15. The largest absolute Gasteiger partial charge is 0.366 e. The van der Waals surface area contributed by atoms with E-state index in [1.165, 1.54) is 12.2 Å². The lowest BCUT2D eigenvalue weighted by atomic mass is 10.1. The van der Waals surface area contributed by atoms with Crippen LogP contribution in [0.5, 0.6) is 0 Å². The quantitative estimate of drug-likeness (QED) is 0.739. The van der Waals surface area contributed by atoms with E-state index in [9.17, 15) is 9.59 Å². The van der Waals surface area contributed by atoms with E-state index in [1.54, 1.807) is 4.90 Å². The highest BCUT2D eigenvalue weighted by atomic mass is 16.2. The molecule has 0 saturated heterocycles. The Morgan fingerprint density at radius 1 is 1.11 bits per heavy atom. The molecule has 0 aromatic rings. The first kappa shape index (κ1) is 18.8. The highest BCUT2D eigenvalue weighted by molar-refractivity contribution is 5.87. The van der Waals surface area contributed by atoms with Crippen molar-refractivity contribution in [2.24, 2.45) is 5.73 Å². The zero-order valence-electron chi connectivity index (χ0n) is 12.0. The normalized spacial score (nSPS) is 8.67. The highest BCUT2D eigenvalue weighted by Crippen LogP contribution is 2.03. The van der Waals surface area contributed by atoms with Crippen LogP contribution in [0.15, 0.2) is 24.3 Å². The molecule has 0 saturated carbocycles. The summed E-state index contributed by atoms with van der Waals surface area (Å²) in [6.45, 7) is 12.8. The summed E-state index contributed by atoms with van der Waals surface area (Å²) in [5.41, 5.74) is 6.04. The lowest BCUT2D eigenvalue weighted by molar-refractivity contribution is -0.125. The monoisotopic (exact) mass is 254 g/mol. The summed E-state index contributed by atoms with van der Waals surface area (Å²) in [6, 6.07) is 0. The fourth-order valence-electron chi connectivity index (χ4n) is 1.32. The van der Waals surface area contributed by atoms with Crippen LogP contribution >= 0.6 is 0 Å². The molecule has 104 valence electrons. The number of carbonyl (C=O) groups excluding carboxylic acids is 2. The van der Waals surface area contributed by atoms with Gasteiger partial charge in [0.05, 0.1) is 0 Å². The smallest absolute Gasteiger partial charge is 0.245 e. The molecule has 2 N–H and O–H groups in total. The Labute approximate surface area is 111 Å². The second-order valence-electron chi connectivity index (χ2n) is 3.63. The van der Waals surface area contributed by atoms with Gasteiger partial charge in [0, 0.05) is 19.2 Å². The van der Waals surface area contributed by atoms with E-state index in [1.807, 2.05) is 27.7 Å². The van der Waals surface area contributed by atoms with Gasteiger partial charge in [0.2, 0.25) is 11.8 Å². The number of amides is 2. The van der Waals surface area contributed by atoms with Gasteiger partial charge in [0.1, 0.15) is 0 Å². The second-order valence-corrected chi connectivity index (χ2v) is 3.63. The SMILES string of the molecule is C=CC(=O)N(CC)CC.CCC(=CC(N)=O)CC. The Morgan fingerprint density at radius 3 is 1.67 bits per heavy atom. The summed E-state index contributed by atoms with van der Waals surface area (Å²) >= 11 is 0. The zero-order chi connectivity index (χ0) is 14.6. The Balaban J connectivity index is 0. The molecular weight excluding hydrogens is 228 g/mol. The van der Waals surface area contributed by atoms with Crippen LogP contribution in [-0.2, 0) is 9.59 Å². The van der Waals surface area contributed by atoms with Gasteiger partial charge >= 0.3 is 0 Å². The molecule has 0 aliphatic heterocycles. The molecule has 18 heavy (non-hydrogen) atoms. The first-order chi connectivity index (χ1) is 8.46. The average Bonchev–Trinajstić information content (AvgIpc) is 2.37. The number of hydrogen-bond acceptors (Lipinski definition) is 2. The Kier molecular flexibility index (Phi) is 12.4. The highest BCUT2D eigenvalue weighted by Gasteiger charge is 2.01. The molecule has 0 radical (unpaired) electrons. The Morgan fingerprint density at radius 2 is 1.56 bits per heavy atom. The van der Waals surface area contributed by atoms with Crippen molar-refractivity contribution >= 4 is 11.8 Å². The molecule has 4 heteroatoms. The van der Waals surface area contributed by atoms with E-state index in [0.717, 1.165) is 31.5 Å². The minimum atomic E-state index is -0.339. The van der Waals surface area contributed by atoms with Crippen LogP contribution in [0.2, 0.25) is 0 Å². The third-order valence-electron chi connectivity index (χ3n) is 2.50. The number of nitrogens with two attached hydrogens (primary N) is 1. The standard InChI is InChI=1S/2C7H13NO/c1-4-7(9)8(5-2)6-3;1-3-6(4-2)5-7(8)9/h4H,1,5-6H2,2-3H3;5H,3-4H2,1-2H3,(H2,8,9). The second kappa shape index (κ2) is 11.9. The van der Waals surface area contributed by atoms with Crippen LogP contribution in [0.25, 0.3) is 0 Å². The van der Waals surface area contributed by atoms with Gasteiger partial charge in [-0.2, -0.15) is 0 Å². The third kappa shape index (κ3) is 9.63. The van der Waals surface area contributed by atoms with Crippen molar-refractivity contribution in [2.45, 2.75) is 40.5 Å². The van der Waals surface area contributed by atoms with Crippen LogP contribution in [0.1, 0.15) is 40.5 Å². The maximum absolute atomic E-state index is 10.8. The van der Waals surface area contributed by atoms with Crippen LogP contribution in [0.3, 0.4) is 0 Å². The lowest BCUT2D eigenvalue weighted by Crippen LogP contribution is -2.28. The number of carbonyl (C=O) groups is 2. The fraction of sp³-hybridized carbons (Fsp3) is 0.571. The summed E-state index contributed by atoms with van der Waals surface area (Å²) in [5.74, 6) is -0.325. The van der Waals surface area contributed by atoms with Crippen molar-refractivity contribution in [3.05, 3.63) is 24.3 Å². The molecule has 0 aliphatic carbocycles. The molecule has 0 unspecified atom stereocenters. The van der Waals surface area contributed by atoms with Gasteiger partial charge in [-0.25, -0.2) is 0 Å². The van der Waals surface area contributed by atoms with Crippen molar-refractivity contribution in [3.63, 3.8) is 0 Å². The number of rotatable bonds is 6. The Hall–Kier alpha value is -1.58. The van der Waals surface area contributed by atoms with E-state index >= 15 is 0 Å². The van der Waals surface area contributed by atoms with Crippen molar-refractivity contribution in [1.29, 1.82) is 0 Å². The van der Waals surface area contributed by atoms with E-state index in [4.69, 9.17) is 5.73 Å². The van der Waals surface area contributed by atoms with E-state index in [2.05, 4.69) is 6.58 Å². The minimum absolute atomic E-state index is 0.0139. The Bertz CT molecular complexity index is 286. The van der Waals surface area contributed by atoms with Gasteiger partial charge in [-0.15, -0.1) is 0 Å². The molecule has 0 rings (SSSR count). The van der Waals surface area contributed by atoms with Crippen molar-refractivity contribution < 1.29 is 9.59 Å². The number of nitrogens with zero attached hydrogens (tertiary/aromatic N) is 1. The number of hydrogen-bond donors (Lipinski definition) is 1. The van der Waals surface area contributed by atoms with Crippen LogP contribution in [0.4, 0.5) is 0 Å². The molecule has 0 bridgehead atoms. The molecule has 0 spiro atoms. The van der Waals surface area contributed by atoms with Gasteiger partial charge in [0.15, 0.2) is 0 Å². The summed E-state index contributed by atoms with van der Waals surface area (Å²) < 4.78 is 0. The number of likely N-dealkylation sites (N-methyl/N-ethyl adjacent to an activating group) is 1. The maximum Gasteiger partial charge on any atom is 0.245 e. The average molecular weight is 254 g/mol. The van der Waals surface area contributed by atoms with Crippen LogP contribution < -0.4 is 5.73 Å². The topological polar surface area (TPSA) is 63.4 Å². The molecule has 0 atom stereocenters. The van der Waals surface area contributed by atoms with Crippen LogP contribution in [0, 0.1) is 0 Å². The van der Waals surface area contributed by atoms with Gasteiger partial charge in [-0.3, -0.25) is 9.59 Å². The molecule has 0 aromatic carbocycles. The van der Waals surface area contributed by atoms with Gasteiger partial charge in [-0.1, -0.05) is 26.0 Å². The van der Waals surface area contributed by atoms with Gasteiger partial charge < -0.3 is 10.6 Å². The van der Waals surface area contributed by atoms with Gasteiger partial charge in [-0.05, 0) is 32.8 Å². The molecule has 0 aromatic heterocycles. The summed E-state index contributed by atoms with van der Waals surface area (Å²) in [4.78, 5) is 22.8. The maximum atomic E-state index is 10.8. The molecule has 0 heterocycles. The van der Waals surface area contributed by atoms with Crippen molar-refractivity contribution in [3.8, 4) is 0 Å². The number of allylic oxidation sites excluding steroid dienone is 1. The molecule has 0 aliphatic rings. The molecular formula is C14H26N2O2. The zero-order valence-corrected chi connectivity index (χ0v) is 12.0. The first-order valence-corrected chi connectivity index (χ1v) is 6.36. The molecule has 0 fully saturated rings. The fourth-order valence-corrected chi connectivity index (χ4v) is 1.32. The summed E-state index contributed by atoms with van der Waals surface area (Å²) in [7, 11) is 0.